The van der Waals surface area contributed by atoms with Gasteiger partial charge in [0.1, 0.15) is 11.3 Å². The fraction of sp³-hybridized carbons (Fsp3) is 0.235. The van der Waals surface area contributed by atoms with E-state index in [1.54, 1.807) is 17.6 Å². The molecule has 0 amide bonds. The fourth-order valence-corrected chi connectivity index (χ4v) is 2.35. The third-order valence-electron chi connectivity index (χ3n) is 3.36. The minimum Gasteiger partial charge on any atom is -0.494 e. The van der Waals surface area contributed by atoms with Crippen LogP contribution in [0.3, 0.4) is 0 Å². The summed E-state index contributed by atoms with van der Waals surface area (Å²) in [6.45, 7) is 4.65. The molecule has 2 heterocycles. The van der Waals surface area contributed by atoms with E-state index in [4.69, 9.17) is 9.47 Å². The standard InChI is InChI=1S/C17H17N3O3/c1-3-22-13-7-5-12(6-8-13)15-9-10-18-16-14(11-19-20(15)16)17(21)23-4-2/h5-11H,3-4H2,1-2H3. The maximum atomic E-state index is 12.0. The SMILES string of the molecule is CCOC(=O)c1cnn2c(-c3ccc(OCC)cc3)ccnc12. The number of benzene rings is 1. The van der Waals surface area contributed by atoms with Gasteiger partial charge in [-0.3, -0.25) is 0 Å². The van der Waals surface area contributed by atoms with E-state index in [0.29, 0.717) is 24.4 Å². The molecule has 6 heteroatoms. The highest BCUT2D eigenvalue weighted by atomic mass is 16.5. The van der Waals surface area contributed by atoms with Crippen LogP contribution < -0.4 is 4.74 Å². The molecule has 0 unspecified atom stereocenters. The Hall–Kier alpha value is -2.89. The summed E-state index contributed by atoms with van der Waals surface area (Å²) in [7, 11) is 0. The smallest absolute Gasteiger partial charge is 0.343 e. The number of ether oxygens (including phenoxy) is 2. The zero-order valence-corrected chi connectivity index (χ0v) is 13.0. The van der Waals surface area contributed by atoms with Crippen molar-refractivity contribution in [1.29, 1.82) is 0 Å². The van der Waals surface area contributed by atoms with Crippen LogP contribution in [-0.4, -0.2) is 33.8 Å². The molecule has 0 saturated carbocycles. The monoisotopic (exact) mass is 311 g/mol. The van der Waals surface area contributed by atoms with Gasteiger partial charge >= 0.3 is 5.97 Å². The molecule has 118 valence electrons. The molecule has 3 rings (SSSR count). The molecule has 0 radical (unpaired) electrons. The molecule has 0 bridgehead atoms. The number of hydrogen-bond donors (Lipinski definition) is 0. The molecule has 0 aliphatic carbocycles. The van der Waals surface area contributed by atoms with E-state index in [0.717, 1.165) is 17.0 Å². The average molecular weight is 311 g/mol. The van der Waals surface area contributed by atoms with Crippen molar-refractivity contribution >= 4 is 11.6 Å². The molecule has 0 atom stereocenters. The second-order valence-electron chi connectivity index (χ2n) is 4.80. The third kappa shape index (κ3) is 2.88. The topological polar surface area (TPSA) is 65.7 Å². The predicted molar refractivity (Wildman–Crippen MR) is 85.5 cm³/mol. The van der Waals surface area contributed by atoms with Crippen LogP contribution in [-0.2, 0) is 4.74 Å². The van der Waals surface area contributed by atoms with Crippen molar-refractivity contribution in [3.63, 3.8) is 0 Å². The van der Waals surface area contributed by atoms with Gasteiger partial charge in [-0.1, -0.05) is 0 Å². The summed E-state index contributed by atoms with van der Waals surface area (Å²) < 4.78 is 12.1. The summed E-state index contributed by atoms with van der Waals surface area (Å²) in [6.07, 6.45) is 3.14. The van der Waals surface area contributed by atoms with Crippen molar-refractivity contribution in [3.8, 4) is 17.0 Å². The van der Waals surface area contributed by atoms with E-state index in [9.17, 15) is 4.79 Å². The van der Waals surface area contributed by atoms with Crippen LogP contribution in [0.5, 0.6) is 5.75 Å². The van der Waals surface area contributed by atoms with E-state index < -0.39 is 5.97 Å². The van der Waals surface area contributed by atoms with Crippen LogP contribution in [0.1, 0.15) is 24.2 Å². The summed E-state index contributed by atoms with van der Waals surface area (Å²) in [5.74, 6) is 0.396. The molecule has 0 N–H and O–H groups in total. The van der Waals surface area contributed by atoms with Crippen molar-refractivity contribution in [3.05, 3.63) is 48.3 Å². The molecule has 3 aromatic rings. The van der Waals surface area contributed by atoms with Gasteiger partial charge in [0, 0.05) is 11.8 Å². The molecule has 23 heavy (non-hydrogen) atoms. The molecule has 6 nitrogen and oxygen atoms in total. The maximum absolute atomic E-state index is 12.0. The normalized spacial score (nSPS) is 10.7. The van der Waals surface area contributed by atoms with Crippen LogP contribution in [0, 0.1) is 0 Å². The summed E-state index contributed by atoms with van der Waals surface area (Å²) in [6, 6.07) is 9.56. The summed E-state index contributed by atoms with van der Waals surface area (Å²) >= 11 is 0. The lowest BCUT2D eigenvalue weighted by Crippen LogP contribution is -2.05. The first kappa shape index (κ1) is 15.0. The second-order valence-corrected chi connectivity index (χ2v) is 4.80. The zero-order chi connectivity index (χ0) is 16.2. The van der Waals surface area contributed by atoms with Gasteiger partial charge in [0.2, 0.25) is 0 Å². The Kier molecular flexibility index (Phi) is 4.23. The largest absolute Gasteiger partial charge is 0.494 e. The zero-order valence-electron chi connectivity index (χ0n) is 13.0. The molecular weight excluding hydrogens is 294 g/mol. The van der Waals surface area contributed by atoms with E-state index in [-0.39, 0.29) is 0 Å². The summed E-state index contributed by atoms with van der Waals surface area (Å²) in [5, 5.41) is 4.28. The number of hydrogen-bond acceptors (Lipinski definition) is 5. The van der Waals surface area contributed by atoms with Gasteiger partial charge in [-0.05, 0) is 44.2 Å². The highest BCUT2D eigenvalue weighted by Crippen LogP contribution is 2.23. The third-order valence-corrected chi connectivity index (χ3v) is 3.36. The van der Waals surface area contributed by atoms with Crippen molar-refractivity contribution in [2.24, 2.45) is 0 Å². The molecule has 1 aromatic carbocycles. The molecule has 0 fully saturated rings. The first-order valence-electron chi connectivity index (χ1n) is 7.47. The van der Waals surface area contributed by atoms with Crippen LogP contribution in [0.2, 0.25) is 0 Å². The van der Waals surface area contributed by atoms with Gasteiger partial charge in [0.25, 0.3) is 0 Å². The van der Waals surface area contributed by atoms with Gasteiger partial charge in [0.05, 0.1) is 25.1 Å². The van der Waals surface area contributed by atoms with Gasteiger partial charge in [0.15, 0.2) is 5.65 Å². The minimum atomic E-state index is -0.418. The Morgan fingerprint density at radius 1 is 1.13 bits per heavy atom. The van der Waals surface area contributed by atoms with Crippen LogP contribution in [0.15, 0.2) is 42.7 Å². The number of carbonyl (C=O) groups excluding carboxylic acids is 1. The first-order valence-corrected chi connectivity index (χ1v) is 7.47. The number of carbonyl (C=O) groups is 1. The van der Waals surface area contributed by atoms with E-state index in [1.165, 1.54) is 6.20 Å². The Labute approximate surface area is 133 Å². The number of nitrogens with zero attached hydrogens (tertiary/aromatic N) is 3. The lowest BCUT2D eigenvalue weighted by molar-refractivity contribution is 0.0528. The highest BCUT2D eigenvalue weighted by molar-refractivity contribution is 5.95. The Morgan fingerprint density at radius 2 is 1.91 bits per heavy atom. The van der Waals surface area contributed by atoms with Crippen molar-refractivity contribution in [2.45, 2.75) is 13.8 Å². The van der Waals surface area contributed by atoms with Crippen molar-refractivity contribution in [2.75, 3.05) is 13.2 Å². The first-order chi connectivity index (χ1) is 11.2. The second kappa shape index (κ2) is 6.48. The van der Waals surface area contributed by atoms with Gasteiger partial charge < -0.3 is 9.47 Å². The van der Waals surface area contributed by atoms with Gasteiger partial charge in [-0.2, -0.15) is 5.10 Å². The fourth-order valence-electron chi connectivity index (χ4n) is 2.35. The quantitative estimate of drug-likeness (QED) is 0.678. The van der Waals surface area contributed by atoms with Gasteiger partial charge in [-0.15, -0.1) is 0 Å². The average Bonchev–Trinajstić information content (AvgIpc) is 3.00. The maximum Gasteiger partial charge on any atom is 0.343 e. The molecule has 0 spiro atoms. The van der Waals surface area contributed by atoms with Crippen LogP contribution in [0.25, 0.3) is 16.9 Å². The highest BCUT2D eigenvalue weighted by Gasteiger charge is 2.16. The van der Waals surface area contributed by atoms with Crippen LogP contribution >= 0.6 is 0 Å². The predicted octanol–water partition coefficient (Wildman–Crippen LogP) is 2.97. The van der Waals surface area contributed by atoms with E-state index in [1.807, 2.05) is 37.3 Å². The number of rotatable bonds is 5. The Balaban J connectivity index is 2.03. The summed E-state index contributed by atoms with van der Waals surface area (Å²) in [5.41, 5.74) is 2.64. The van der Waals surface area contributed by atoms with Gasteiger partial charge in [-0.25, -0.2) is 14.3 Å². The van der Waals surface area contributed by atoms with E-state index in [2.05, 4.69) is 10.1 Å². The molecule has 2 aromatic heterocycles. The van der Waals surface area contributed by atoms with Crippen molar-refractivity contribution < 1.29 is 14.3 Å². The number of aromatic nitrogens is 3. The lowest BCUT2D eigenvalue weighted by Gasteiger charge is -2.07. The van der Waals surface area contributed by atoms with Crippen LogP contribution in [0.4, 0.5) is 0 Å². The minimum absolute atomic E-state index is 0.314. The Bertz CT molecular complexity index is 825. The molecule has 0 saturated heterocycles. The summed E-state index contributed by atoms with van der Waals surface area (Å²) in [4.78, 5) is 16.2. The molecule has 0 aliphatic heterocycles. The molecule has 0 aliphatic rings. The number of esters is 1. The molecular formula is C17H17N3O3. The lowest BCUT2D eigenvalue weighted by atomic mass is 10.1. The Morgan fingerprint density at radius 3 is 2.61 bits per heavy atom. The van der Waals surface area contributed by atoms with Crippen molar-refractivity contribution in [1.82, 2.24) is 14.6 Å². The number of fused-ring (bicyclic) bond motifs is 1. The van der Waals surface area contributed by atoms with E-state index >= 15 is 0 Å².